The minimum Gasteiger partial charge on any atom is -0.374 e. The maximum Gasteiger partial charge on any atom is 0.350 e. The molecule has 2 aromatic heterocycles. The van der Waals surface area contributed by atoms with Crippen LogP contribution in [0.2, 0.25) is 0 Å². The van der Waals surface area contributed by atoms with Crippen LogP contribution in [0, 0.1) is 0 Å². The highest BCUT2D eigenvalue weighted by molar-refractivity contribution is 5.89. The zero-order valence-corrected chi connectivity index (χ0v) is 19.3. The molecule has 9 nitrogen and oxygen atoms in total. The van der Waals surface area contributed by atoms with Crippen molar-refractivity contribution in [2.24, 2.45) is 0 Å². The summed E-state index contributed by atoms with van der Waals surface area (Å²) >= 11 is 0. The third-order valence-corrected chi connectivity index (χ3v) is 5.97. The van der Waals surface area contributed by atoms with Crippen LogP contribution in [-0.2, 0) is 17.8 Å². The minimum absolute atomic E-state index is 0.0635. The van der Waals surface area contributed by atoms with Crippen molar-refractivity contribution in [3.8, 4) is 0 Å². The Kier molecular flexibility index (Phi) is 6.87. The van der Waals surface area contributed by atoms with Crippen LogP contribution in [0.3, 0.4) is 0 Å². The van der Waals surface area contributed by atoms with Crippen LogP contribution in [-0.4, -0.2) is 57.5 Å². The number of carbonyl (C=O) groups is 1. The van der Waals surface area contributed by atoms with Crippen LogP contribution in [0.1, 0.15) is 11.1 Å². The van der Waals surface area contributed by atoms with Gasteiger partial charge in [-0.15, -0.1) is 5.10 Å². The van der Waals surface area contributed by atoms with E-state index in [0.29, 0.717) is 31.0 Å². The Labute approximate surface area is 202 Å². The Morgan fingerprint density at radius 2 is 1.83 bits per heavy atom. The van der Waals surface area contributed by atoms with E-state index in [2.05, 4.69) is 32.8 Å². The average Bonchev–Trinajstić information content (AvgIpc) is 3.19. The number of rotatable bonds is 7. The summed E-state index contributed by atoms with van der Waals surface area (Å²) in [6.07, 6.45) is 1.63. The second-order valence-electron chi connectivity index (χ2n) is 8.62. The van der Waals surface area contributed by atoms with E-state index in [1.807, 2.05) is 48.5 Å². The smallest absolute Gasteiger partial charge is 0.350 e. The van der Waals surface area contributed by atoms with Gasteiger partial charge in [0.2, 0.25) is 0 Å². The van der Waals surface area contributed by atoms with Gasteiger partial charge in [-0.05, 0) is 35.4 Å². The summed E-state index contributed by atoms with van der Waals surface area (Å²) in [6.45, 7) is 3.89. The van der Waals surface area contributed by atoms with Crippen molar-refractivity contribution in [1.82, 2.24) is 24.4 Å². The van der Waals surface area contributed by atoms with Crippen LogP contribution < -0.4 is 16.3 Å². The molecule has 0 bridgehead atoms. The van der Waals surface area contributed by atoms with Crippen LogP contribution in [0.4, 0.5) is 10.5 Å². The fourth-order valence-electron chi connectivity index (χ4n) is 4.26. The number of ether oxygens (including phenoxy) is 1. The molecule has 0 saturated carbocycles. The number of morpholine rings is 1. The highest BCUT2D eigenvalue weighted by Gasteiger charge is 2.21. The fraction of sp³-hybridized carbons (Fsp3) is 0.269. The van der Waals surface area contributed by atoms with Gasteiger partial charge in [-0.25, -0.2) is 14.3 Å². The monoisotopic (exact) mass is 472 g/mol. The lowest BCUT2D eigenvalue weighted by molar-refractivity contribution is -0.0285. The van der Waals surface area contributed by atoms with E-state index in [1.165, 1.54) is 14.6 Å². The molecule has 3 heterocycles. The number of hydrogen-bond acceptors (Lipinski definition) is 5. The van der Waals surface area contributed by atoms with E-state index >= 15 is 0 Å². The Bertz CT molecular complexity index is 1350. The molecule has 0 radical (unpaired) electrons. The van der Waals surface area contributed by atoms with E-state index in [0.717, 1.165) is 25.2 Å². The number of amides is 2. The quantitative estimate of drug-likeness (QED) is 0.431. The van der Waals surface area contributed by atoms with Gasteiger partial charge in [-0.3, -0.25) is 9.30 Å². The molecule has 9 heteroatoms. The van der Waals surface area contributed by atoms with Gasteiger partial charge in [-0.2, -0.15) is 0 Å². The number of pyridine rings is 1. The first-order chi connectivity index (χ1) is 17.1. The van der Waals surface area contributed by atoms with Crippen molar-refractivity contribution < 1.29 is 9.53 Å². The highest BCUT2D eigenvalue weighted by atomic mass is 16.5. The largest absolute Gasteiger partial charge is 0.374 e. The second kappa shape index (κ2) is 10.5. The molecular formula is C26H28N6O3. The molecule has 0 aliphatic carbocycles. The molecule has 1 fully saturated rings. The number of aromatic nitrogens is 3. The molecule has 2 N–H and O–H groups in total. The van der Waals surface area contributed by atoms with Gasteiger partial charge in [0.15, 0.2) is 5.65 Å². The zero-order chi connectivity index (χ0) is 24.0. The number of fused-ring (bicyclic) bond motifs is 1. The van der Waals surface area contributed by atoms with Gasteiger partial charge in [0.05, 0.1) is 19.3 Å². The Balaban J connectivity index is 1.13. The summed E-state index contributed by atoms with van der Waals surface area (Å²) in [6, 6.07) is 22.9. The average molecular weight is 473 g/mol. The molecule has 0 spiro atoms. The molecule has 2 amide bonds. The van der Waals surface area contributed by atoms with Gasteiger partial charge in [-0.1, -0.05) is 48.5 Å². The van der Waals surface area contributed by atoms with Crippen molar-refractivity contribution in [2.75, 3.05) is 31.6 Å². The van der Waals surface area contributed by atoms with Gasteiger partial charge >= 0.3 is 11.7 Å². The van der Waals surface area contributed by atoms with E-state index in [1.54, 1.807) is 18.3 Å². The molecule has 180 valence electrons. The molecule has 1 unspecified atom stereocenters. The van der Waals surface area contributed by atoms with E-state index < -0.39 is 0 Å². The molecule has 35 heavy (non-hydrogen) atoms. The van der Waals surface area contributed by atoms with Gasteiger partial charge < -0.3 is 15.4 Å². The maximum atomic E-state index is 12.5. The molecule has 1 saturated heterocycles. The van der Waals surface area contributed by atoms with Gasteiger partial charge in [0, 0.05) is 38.1 Å². The first-order valence-corrected chi connectivity index (χ1v) is 11.7. The number of anilines is 1. The molecule has 1 aliphatic rings. The first kappa shape index (κ1) is 22.8. The van der Waals surface area contributed by atoms with Crippen LogP contribution in [0.25, 0.3) is 5.65 Å². The summed E-state index contributed by atoms with van der Waals surface area (Å²) in [5, 5.41) is 10.1. The minimum atomic E-state index is -0.296. The number of nitrogens with zero attached hydrogens (tertiary/aromatic N) is 4. The second-order valence-corrected chi connectivity index (χ2v) is 8.62. The van der Waals surface area contributed by atoms with Gasteiger partial charge in [0.1, 0.15) is 0 Å². The lowest BCUT2D eigenvalue weighted by Gasteiger charge is -2.33. The SMILES string of the molecule is O=C(NCC1CN(Cc2ccccc2)CCO1)Nc1cccc(Cn2nc3ccccn3c2=O)c1. The maximum absolute atomic E-state index is 12.5. The fourth-order valence-corrected chi connectivity index (χ4v) is 4.26. The predicted molar refractivity (Wildman–Crippen MR) is 133 cm³/mol. The Morgan fingerprint density at radius 3 is 2.69 bits per heavy atom. The highest BCUT2D eigenvalue weighted by Crippen LogP contribution is 2.13. The molecule has 4 aromatic rings. The lowest BCUT2D eigenvalue weighted by Crippen LogP contribution is -2.47. The zero-order valence-electron chi connectivity index (χ0n) is 19.3. The third kappa shape index (κ3) is 5.76. The molecular weight excluding hydrogens is 444 g/mol. The molecule has 5 rings (SSSR count). The summed E-state index contributed by atoms with van der Waals surface area (Å²) < 4.78 is 8.76. The number of benzene rings is 2. The van der Waals surface area contributed by atoms with E-state index in [-0.39, 0.29) is 17.8 Å². The van der Waals surface area contributed by atoms with Crippen LogP contribution in [0.15, 0.2) is 83.8 Å². The molecule has 1 atom stereocenters. The normalized spacial score (nSPS) is 16.3. The van der Waals surface area contributed by atoms with Crippen LogP contribution in [0.5, 0.6) is 0 Å². The number of carbonyl (C=O) groups excluding carboxylic acids is 1. The lowest BCUT2D eigenvalue weighted by atomic mass is 10.2. The van der Waals surface area contributed by atoms with Crippen molar-refractivity contribution in [3.63, 3.8) is 0 Å². The summed E-state index contributed by atoms with van der Waals surface area (Å²) in [5.41, 5.74) is 3.17. The third-order valence-electron chi connectivity index (χ3n) is 5.97. The topological polar surface area (TPSA) is 92.9 Å². The molecule has 2 aromatic carbocycles. The van der Waals surface area contributed by atoms with E-state index in [4.69, 9.17) is 4.74 Å². The Morgan fingerprint density at radius 1 is 1.00 bits per heavy atom. The summed E-state index contributed by atoms with van der Waals surface area (Å²) in [4.78, 5) is 27.4. The van der Waals surface area contributed by atoms with E-state index in [9.17, 15) is 9.59 Å². The number of hydrogen-bond donors (Lipinski definition) is 2. The predicted octanol–water partition coefficient (Wildman–Crippen LogP) is 2.57. The van der Waals surface area contributed by atoms with Crippen molar-refractivity contribution in [3.05, 3.63) is 101 Å². The van der Waals surface area contributed by atoms with Crippen LogP contribution >= 0.6 is 0 Å². The Hall–Kier alpha value is -3.95. The summed E-state index contributed by atoms with van der Waals surface area (Å²) in [7, 11) is 0. The van der Waals surface area contributed by atoms with Crippen molar-refractivity contribution in [2.45, 2.75) is 19.2 Å². The van der Waals surface area contributed by atoms with Crippen molar-refractivity contribution >= 4 is 17.4 Å². The number of urea groups is 1. The molecule has 1 aliphatic heterocycles. The van der Waals surface area contributed by atoms with Gasteiger partial charge in [0.25, 0.3) is 0 Å². The number of nitrogens with one attached hydrogen (secondary N) is 2. The standard InChI is InChI=1S/C26H28N6O3/c33-25(27-16-23-19-30(13-14-35-23)17-20-7-2-1-3-8-20)28-22-10-6-9-21(15-22)18-32-26(34)31-12-5-4-11-24(31)29-32/h1-12,15,23H,13-14,16-19H2,(H2,27,28,33). The van der Waals surface area contributed by atoms with Crippen molar-refractivity contribution in [1.29, 1.82) is 0 Å². The first-order valence-electron chi connectivity index (χ1n) is 11.7. The summed E-state index contributed by atoms with van der Waals surface area (Å²) in [5.74, 6) is 0.